The van der Waals surface area contributed by atoms with Crippen molar-refractivity contribution in [3.05, 3.63) is 68.7 Å². The van der Waals surface area contributed by atoms with Crippen LogP contribution in [0, 0.1) is 18.6 Å². The second kappa shape index (κ2) is 7.11. The third kappa shape index (κ3) is 4.08. The van der Waals surface area contributed by atoms with Crippen molar-refractivity contribution in [2.24, 2.45) is 0 Å². The van der Waals surface area contributed by atoms with E-state index in [9.17, 15) is 22.0 Å². The molecule has 0 saturated heterocycles. The first-order chi connectivity index (χ1) is 11.1. The van der Waals surface area contributed by atoms with Crippen LogP contribution in [0.5, 0.6) is 0 Å². The topological polar surface area (TPSA) is 51.2 Å². The van der Waals surface area contributed by atoms with E-state index in [2.05, 4.69) is 15.9 Å². The molecule has 0 heterocycles. The van der Waals surface area contributed by atoms with E-state index in [0.717, 1.165) is 12.1 Å². The summed E-state index contributed by atoms with van der Waals surface area (Å²) in [6.07, 6.45) is 0. The summed E-state index contributed by atoms with van der Waals surface area (Å²) in [5, 5.41) is 0. The lowest BCUT2D eigenvalue weighted by molar-refractivity contribution is 0.103. The highest BCUT2D eigenvalue weighted by molar-refractivity contribution is 9.10. The fourth-order valence-corrected chi connectivity index (χ4v) is 3.71. The highest BCUT2D eigenvalue weighted by Gasteiger charge is 2.20. The van der Waals surface area contributed by atoms with Gasteiger partial charge in [0.05, 0.1) is 5.75 Å². The molecule has 0 saturated carbocycles. The summed E-state index contributed by atoms with van der Waals surface area (Å²) in [6, 6.07) is 6.03. The molecule has 0 fully saturated rings. The van der Waals surface area contributed by atoms with Crippen LogP contribution < -0.4 is 0 Å². The molecule has 0 N–H and O–H groups in total. The summed E-state index contributed by atoms with van der Waals surface area (Å²) in [5.74, 6) is -2.23. The molecule has 0 amide bonds. The van der Waals surface area contributed by atoms with Crippen molar-refractivity contribution in [1.82, 2.24) is 0 Å². The molecule has 0 aliphatic rings. The van der Waals surface area contributed by atoms with Crippen molar-refractivity contribution in [2.75, 3.05) is 5.75 Å². The fraction of sp³-hybridized carbons (Fsp3) is 0.235. The molecular weight excluding hydrogens is 402 g/mol. The van der Waals surface area contributed by atoms with Crippen molar-refractivity contribution in [1.29, 1.82) is 0 Å². The molecule has 3 nitrogen and oxygen atoms in total. The smallest absolute Gasteiger partial charge is 0.194 e. The minimum absolute atomic E-state index is 0.00361. The lowest BCUT2D eigenvalue weighted by Crippen LogP contribution is -2.10. The van der Waals surface area contributed by atoms with E-state index >= 15 is 0 Å². The molecule has 0 spiro atoms. The zero-order valence-corrected chi connectivity index (χ0v) is 15.5. The Morgan fingerprint density at radius 3 is 2.38 bits per heavy atom. The Morgan fingerprint density at radius 2 is 1.79 bits per heavy atom. The molecule has 2 rings (SSSR count). The maximum absolute atomic E-state index is 14.2. The van der Waals surface area contributed by atoms with Crippen LogP contribution in [0.25, 0.3) is 0 Å². The van der Waals surface area contributed by atoms with E-state index in [1.807, 2.05) is 0 Å². The van der Waals surface area contributed by atoms with Gasteiger partial charge in [0.1, 0.15) is 11.6 Å². The first-order valence-corrected chi connectivity index (χ1v) is 9.75. The Labute approximate surface area is 147 Å². The second-order valence-electron chi connectivity index (χ2n) is 5.39. The van der Waals surface area contributed by atoms with Crippen molar-refractivity contribution < 1.29 is 22.0 Å². The predicted molar refractivity (Wildman–Crippen MR) is 91.8 cm³/mol. The van der Waals surface area contributed by atoms with Gasteiger partial charge >= 0.3 is 0 Å². The zero-order chi connectivity index (χ0) is 18.1. The number of carbonyl (C=O) groups excluding carboxylic acids is 1. The van der Waals surface area contributed by atoms with Crippen LogP contribution in [0.3, 0.4) is 0 Å². The van der Waals surface area contributed by atoms with Gasteiger partial charge in [-0.15, -0.1) is 0 Å². The lowest BCUT2D eigenvalue weighted by atomic mass is 9.98. The molecule has 0 radical (unpaired) electrons. The summed E-state index contributed by atoms with van der Waals surface area (Å²) in [6.45, 7) is 3.07. The van der Waals surface area contributed by atoms with E-state index in [-0.39, 0.29) is 22.4 Å². The van der Waals surface area contributed by atoms with Crippen LogP contribution in [-0.4, -0.2) is 20.0 Å². The maximum Gasteiger partial charge on any atom is 0.194 e. The van der Waals surface area contributed by atoms with Gasteiger partial charge in [0, 0.05) is 26.9 Å². The van der Waals surface area contributed by atoms with Crippen LogP contribution in [-0.2, 0) is 15.6 Å². The lowest BCUT2D eigenvalue weighted by Gasteiger charge is -2.10. The fourth-order valence-electron chi connectivity index (χ4n) is 2.24. The second-order valence-corrected chi connectivity index (χ2v) is 8.60. The number of ketones is 1. The molecule has 0 unspecified atom stereocenters. The van der Waals surface area contributed by atoms with E-state index in [0.29, 0.717) is 10.0 Å². The molecule has 2 aromatic rings. The molecular formula is C17H15BrF2O3S. The summed E-state index contributed by atoms with van der Waals surface area (Å²) in [4.78, 5) is 12.6. The molecule has 128 valence electrons. The monoisotopic (exact) mass is 416 g/mol. The molecule has 24 heavy (non-hydrogen) atoms. The highest BCUT2D eigenvalue weighted by atomic mass is 79.9. The van der Waals surface area contributed by atoms with Crippen molar-refractivity contribution in [3.63, 3.8) is 0 Å². The van der Waals surface area contributed by atoms with Gasteiger partial charge in [0.2, 0.25) is 0 Å². The van der Waals surface area contributed by atoms with Crippen molar-refractivity contribution >= 4 is 31.6 Å². The van der Waals surface area contributed by atoms with Gasteiger partial charge < -0.3 is 0 Å². The van der Waals surface area contributed by atoms with Crippen LogP contribution in [0.2, 0.25) is 0 Å². The summed E-state index contributed by atoms with van der Waals surface area (Å²) < 4.78 is 51.0. The van der Waals surface area contributed by atoms with E-state index in [1.54, 1.807) is 6.92 Å². The number of hydrogen-bond donors (Lipinski definition) is 0. The maximum atomic E-state index is 14.2. The van der Waals surface area contributed by atoms with Gasteiger partial charge in [-0.1, -0.05) is 22.9 Å². The molecule has 0 atom stereocenters. The first kappa shape index (κ1) is 18.7. The van der Waals surface area contributed by atoms with E-state index in [4.69, 9.17) is 0 Å². The quantitative estimate of drug-likeness (QED) is 0.686. The van der Waals surface area contributed by atoms with E-state index < -0.39 is 33.0 Å². The first-order valence-electron chi connectivity index (χ1n) is 7.14. The zero-order valence-electron chi connectivity index (χ0n) is 13.1. The Hall–Kier alpha value is -1.60. The standard InChI is InChI=1S/C17H15BrF2O3S/c1-3-24(22,23)9-11-7-15(18)14(8-16(11)20)17(21)13-5-4-12(19)6-10(13)2/h4-8H,3,9H2,1-2H3. The van der Waals surface area contributed by atoms with Gasteiger partial charge in [-0.3, -0.25) is 4.79 Å². The molecule has 0 bridgehead atoms. The number of rotatable bonds is 5. The Bertz CT molecular complexity index is 908. The third-order valence-corrected chi connectivity index (χ3v) is 5.92. The molecule has 0 aliphatic heterocycles. The minimum Gasteiger partial charge on any atom is -0.289 e. The van der Waals surface area contributed by atoms with Crippen molar-refractivity contribution in [3.8, 4) is 0 Å². The molecule has 0 aromatic heterocycles. The Balaban J connectivity index is 2.45. The highest BCUT2D eigenvalue weighted by Crippen LogP contribution is 2.26. The number of sulfone groups is 1. The molecule has 2 aromatic carbocycles. The number of carbonyl (C=O) groups is 1. The Morgan fingerprint density at radius 1 is 1.12 bits per heavy atom. The van der Waals surface area contributed by atoms with Crippen molar-refractivity contribution in [2.45, 2.75) is 19.6 Å². The summed E-state index contributed by atoms with van der Waals surface area (Å²) in [7, 11) is -3.40. The van der Waals surface area contributed by atoms with Crippen LogP contribution in [0.4, 0.5) is 8.78 Å². The third-order valence-electron chi connectivity index (χ3n) is 3.63. The number of hydrogen-bond acceptors (Lipinski definition) is 3. The number of halogens is 3. The SMILES string of the molecule is CCS(=O)(=O)Cc1cc(Br)c(C(=O)c2ccc(F)cc2C)cc1F. The molecule has 7 heteroatoms. The van der Waals surface area contributed by atoms with Crippen LogP contribution >= 0.6 is 15.9 Å². The van der Waals surface area contributed by atoms with Crippen LogP contribution in [0.15, 0.2) is 34.8 Å². The summed E-state index contributed by atoms with van der Waals surface area (Å²) in [5.41, 5.74) is 0.742. The van der Waals surface area contributed by atoms with Gasteiger partial charge in [-0.2, -0.15) is 0 Å². The number of benzene rings is 2. The number of aryl methyl sites for hydroxylation is 1. The predicted octanol–water partition coefficient (Wildman–Crippen LogP) is 4.20. The largest absolute Gasteiger partial charge is 0.289 e. The summed E-state index contributed by atoms with van der Waals surface area (Å²) >= 11 is 3.19. The molecule has 0 aliphatic carbocycles. The average molecular weight is 417 g/mol. The van der Waals surface area contributed by atoms with Crippen LogP contribution in [0.1, 0.15) is 34.0 Å². The minimum atomic E-state index is -3.40. The van der Waals surface area contributed by atoms with Gasteiger partial charge in [-0.25, -0.2) is 17.2 Å². The normalized spacial score (nSPS) is 11.5. The van der Waals surface area contributed by atoms with Gasteiger partial charge in [0.15, 0.2) is 15.6 Å². The Kier molecular flexibility index (Phi) is 5.55. The average Bonchev–Trinajstić information content (AvgIpc) is 2.50. The van der Waals surface area contributed by atoms with Gasteiger partial charge in [-0.05, 0) is 42.8 Å². The van der Waals surface area contributed by atoms with E-state index in [1.165, 1.54) is 25.1 Å². The van der Waals surface area contributed by atoms with Gasteiger partial charge in [0.25, 0.3) is 0 Å².